The molecule has 5 rings (SSSR count). The third-order valence-corrected chi connectivity index (χ3v) is 5.97. The lowest BCUT2D eigenvalue weighted by atomic mass is 10.0. The molecule has 1 fully saturated rings. The Morgan fingerprint density at radius 3 is 2.83 bits per heavy atom. The lowest BCUT2D eigenvalue weighted by Gasteiger charge is -2.36. The fourth-order valence-electron chi connectivity index (χ4n) is 4.12. The van der Waals surface area contributed by atoms with Crippen LogP contribution in [0.25, 0.3) is 10.9 Å². The second kappa shape index (κ2) is 7.30. The van der Waals surface area contributed by atoms with Crippen LogP contribution in [0.1, 0.15) is 33.1 Å². The van der Waals surface area contributed by atoms with E-state index in [1.807, 2.05) is 41.3 Å². The van der Waals surface area contributed by atoms with Gasteiger partial charge in [0.15, 0.2) is 0 Å². The molecular formula is C22H20ClN3O3. The van der Waals surface area contributed by atoms with Gasteiger partial charge in [0.25, 0.3) is 5.91 Å². The molecule has 0 unspecified atom stereocenters. The standard InChI is InChI=1S/C22H20ClN3O3/c23-18-4-2-1-3-14(18)20-12-28-8-7-26(20)22(27)13-5-6-19-15(9-13)16-10-29-11-17(16)21(24)25-19/h1-6,9,20H,7-8,10-12H2,(H2,24,25)/t20-/m1/s1. The number of benzene rings is 2. The van der Waals surface area contributed by atoms with E-state index in [-0.39, 0.29) is 11.9 Å². The maximum absolute atomic E-state index is 13.5. The maximum atomic E-state index is 13.5. The predicted octanol–water partition coefficient (Wildman–Crippen LogP) is 3.71. The summed E-state index contributed by atoms with van der Waals surface area (Å²) in [5, 5.41) is 1.55. The van der Waals surface area contributed by atoms with E-state index in [9.17, 15) is 4.79 Å². The molecule has 3 heterocycles. The molecule has 2 aliphatic heterocycles. The highest BCUT2D eigenvalue weighted by Crippen LogP contribution is 2.34. The van der Waals surface area contributed by atoms with E-state index in [2.05, 4.69) is 4.98 Å². The number of fused-ring (bicyclic) bond motifs is 3. The van der Waals surface area contributed by atoms with Gasteiger partial charge in [-0.25, -0.2) is 4.98 Å². The van der Waals surface area contributed by atoms with Gasteiger partial charge in [0.05, 0.1) is 38.0 Å². The molecule has 148 valence electrons. The van der Waals surface area contributed by atoms with Gasteiger partial charge in [0.1, 0.15) is 5.82 Å². The van der Waals surface area contributed by atoms with Crippen LogP contribution in [0.2, 0.25) is 5.02 Å². The van der Waals surface area contributed by atoms with Crippen LogP contribution in [-0.2, 0) is 22.7 Å². The van der Waals surface area contributed by atoms with E-state index < -0.39 is 0 Å². The number of aromatic nitrogens is 1. The molecule has 1 amide bonds. The Labute approximate surface area is 173 Å². The minimum absolute atomic E-state index is 0.0513. The number of morpholine rings is 1. The normalized spacial score (nSPS) is 18.8. The van der Waals surface area contributed by atoms with Gasteiger partial charge in [-0.15, -0.1) is 0 Å². The Kier molecular flexibility index (Phi) is 4.62. The summed E-state index contributed by atoms with van der Waals surface area (Å²) < 4.78 is 11.2. The van der Waals surface area contributed by atoms with Crippen molar-refractivity contribution in [1.82, 2.24) is 9.88 Å². The second-order valence-corrected chi connectivity index (χ2v) is 7.70. The van der Waals surface area contributed by atoms with Crippen molar-refractivity contribution in [3.63, 3.8) is 0 Å². The van der Waals surface area contributed by atoms with E-state index in [1.54, 1.807) is 6.07 Å². The first-order valence-corrected chi connectivity index (χ1v) is 9.93. The second-order valence-electron chi connectivity index (χ2n) is 7.29. The van der Waals surface area contributed by atoms with Gasteiger partial charge in [0, 0.05) is 28.1 Å². The van der Waals surface area contributed by atoms with Gasteiger partial charge >= 0.3 is 0 Å². The van der Waals surface area contributed by atoms with Crippen LogP contribution in [-0.4, -0.2) is 35.5 Å². The van der Waals surface area contributed by atoms with Crippen LogP contribution in [0.15, 0.2) is 42.5 Å². The van der Waals surface area contributed by atoms with Crippen molar-refractivity contribution in [3.05, 3.63) is 69.7 Å². The summed E-state index contributed by atoms with van der Waals surface area (Å²) >= 11 is 6.40. The van der Waals surface area contributed by atoms with Crippen LogP contribution in [0.4, 0.5) is 5.82 Å². The van der Waals surface area contributed by atoms with Crippen LogP contribution in [0.5, 0.6) is 0 Å². The number of hydrogen-bond donors (Lipinski definition) is 1. The van der Waals surface area contributed by atoms with Crippen LogP contribution in [0.3, 0.4) is 0 Å². The first-order chi connectivity index (χ1) is 14.1. The summed E-state index contributed by atoms with van der Waals surface area (Å²) in [5.41, 5.74) is 10.3. The van der Waals surface area contributed by atoms with Gasteiger partial charge in [-0.1, -0.05) is 29.8 Å². The summed E-state index contributed by atoms with van der Waals surface area (Å²) in [6.45, 7) is 2.37. The van der Waals surface area contributed by atoms with Crippen molar-refractivity contribution in [2.75, 3.05) is 25.5 Å². The molecule has 0 saturated carbocycles. The number of nitrogens with two attached hydrogens (primary N) is 1. The summed E-state index contributed by atoms with van der Waals surface area (Å²) in [5.74, 6) is 0.445. The fourth-order valence-corrected chi connectivity index (χ4v) is 4.38. The van der Waals surface area contributed by atoms with Gasteiger partial charge < -0.3 is 20.1 Å². The summed E-state index contributed by atoms with van der Waals surface area (Å²) in [4.78, 5) is 19.8. The number of nitrogens with zero attached hydrogens (tertiary/aromatic N) is 2. The van der Waals surface area contributed by atoms with Gasteiger partial charge in [0.2, 0.25) is 0 Å². The number of ether oxygens (including phenoxy) is 2. The molecule has 7 heteroatoms. The number of rotatable bonds is 2. The highest BCUT2D eigenvalue weighted by molar-refractivity contribution is 6.31. The zero-order valence-electron chi connectivity index (χ0n) is 15.7. The van der Waals surface area contributed by atoms with Gasteiger partial charge in [-0.3, -0.25) is 4.79 Å². The van der Waals surface area contributed by atoms with Crippen molar-refractivity contribution < 1.29 is 14.3 Å². The molecule has 0 bridgehead atoms. The smallest absolute Gasteiger partial charge is 0.254 e. The van der Waals surface area contributed by atoms with Crippen LogP contribution < -0.4 is 5.73 Å². The van der Waals surface area contributed by atoms with Crippen molar-refractivity contribution in [1.29, 1.82) is 0 Å². The van der Waals surface area contributed by atoms with E-state index in [1.165, 1.54) is 0 Å². The Morgan fingerprint density at radius 2 is 1.97 bits per heavy atom. The average molecular weight is 410 g/mol. The Morgan fingerprint density at radius 1 is 1.14 bits per heavy atom. The molecule has 2 N–H and O–H groups in total. The van der Waals surface area contributed by atoms with Crippen LogP contribution in [0, 0.1) is 0 Å². The molecule has 0 radical (unpaired) electrons. The van der Waals surface area contributed by atoms with E-state index in [0.717, 1.165) is 27.6 Å². The topological polar surface area (TPSA) is 77.7 Å². The SMILES string of the molecule is Nc1nc2ccc(C(=O)N3CCOC[C@@H]3c3ccccc3Cl)cc2c2c1COC2. The fraction of sp³-hybridized carbons (Fsp3) is 0.273. The molecule has 0 aliphatic carbocycles. The third kappa shape index (κ3) is 3.13. The monoisotopic (exact) mass is 409 g/mol. The van der Waals surface area contributed by atoms with Crippen molar-refractivity contribution in [2.45, 2.75) is 19.3 Å². The third-order valence-electron chi connectivity index (χ3n) is 5.63. The molecule has 29 heavy (non-hydrogen) atoms. The van der Waals surface area contributed by atoms with Crippen molar-refractivity contribution >= 4 is 34.2 Å². The molecule has 3 aromatic rings. The molecule has 2 aliphatic rings. The van der Waals surface area contributed by atoms with Crippen molar-refractivity contribution in [2.24, 2.45) is 0 Å². The largest absolute Gasteiger partial charge is 0.383 e. The van der Waals surface area contributed by atoms with Gasteiger partial charge in [-0.05, 0) is 35.4 Å². The Balaban J connectivity index is 1.54. The number of halogens is 1. The lowest BCUT2D eigenvalue weighted by Crippen LogP contribution is -2.43. The molecule has 1 aromatic heterocycles. The molecule has 2 aromatic carbocycles. The molecule has 0 spiro atoms. The quantitative estimate of drug-likeness (QED) is 0.698. The number of carbonyl (C=O) groups is 1. The number of pyridine rings is 1. The molecular weight excluding hydrogens is 390 g/mol. The number of carbonyl (C=O) groups excluding carboxylic acids is 1. The van der Waals surface area contributed by atoms with E-state index in [0.29, 0.717) is 49.4 Å². The lowest BCUT2D eigenvalue weighted by molar-refractivity contribution is -0.00265. The maximum Gasteiger partial charge on any atom is 0.254 e. The van der Waals surface area contributed by atoms with Gasteiger partial charge in [-0.2, -0.15) is 0 Å². The van der Waals surface area contributed by atoms with E-state index >= 15 is 0 Å². The summed E-state index contributed by atoms with van der Waals surface area (Å²) in [6.07, 6.45) is 0. The number of amides is 1. The zero-order chi connectivity index (χ0) is 20.0. The molecule has 6 nitrogen and oxygen atoms in total. The first kappa shape index (κ1) is 18.4. The average Bonchev–Trinajstić information content (AvgIpc) is 3.25. The minimum Gasteiger partial charge on any atom is -0.383 e. The van der Waals surface area contributed by atoms with E-state index in [4.69, 9.17) is 26.8 Å². The van der Waals surface area contributed by atoms with Crippen molar-refractivity contribution in [3.8, 4) is 0 Å². The first-order valence-electron chi connectivity index (χ1n) is 9.55. The highest BCUT2D eigenvalue weighted by Gasteiger charge is 2.31. The highest BCUT2D eigenvalue weighted by atomic mass is 35.5. The number of nitrogen functional groups attached to an aromatic ring is 1. The Bertz CT molecular complexity index is 1120. The summed E-state index contributed by atoms with van der Waals surface area (Å²) in [6, 6.07) is 12.9. The van der Waals surface area contributed by atoms with Crippen LogP contribution >= 0.6 is 11.6 Å². The minimum atomic E-state index is -0.223. The predicted molar refractivity (Wildman–Crippen MR) is 111 cm³/mol. The zero-order valence-corrected chi connectivity index (χ0v) is 16.5. The number of anilines is 1. The molecule has 1 atom stereocenters. The number of hydrogen-bond acceptors (Lipinski definition) is 5. The molecule has 1 saturated heterocycles. The Hall–Kier alpha value is -2.67. The summed E-state index contributed by atoms with van der Waals surface area (Å²) in [7, 11) is 0.